The van der Waals surface area contributed by atoms with E-state index in [-0.39, 0.29) is 27.4 Å². The van der Waals surface area contributed by atoms with E-state index in [9.17, 15) is 18.0 Å². The van der Waals surface area contributed by atoms with Gasteiger partial charge in [-0.15, -0.1) is 0 Å². The number of halogens is 1. The van der Waals surface area contributed by atoms with Crippen LogP contribution >= 0.6 is 11.6 Å². The Morgan fingerprint density at radius 2 is 1.73 bits per heavy atom. The molecular weight excluding hydrogens is 464 g/mol. The lowest BCUT2D eigenvalue weighted by Crippen LogP contribution is -2.39. The largest absolute Gasteiger partial charge is 0.452 e. The van der Waals surface area contributed by atoms with Crippen LogP contribution in [0.1, 0.15) is 49.0 Å². The first-order valence-corrected chi connectivity index (χ1v) is 12.8. The Hall–Kier alpha value is -2.42. The monoisotopic (exact) mass is 492 g/mol. The number of benzene rings is 2. The van der Waals surface area contributed by atoms with Crippen LogP contribution < -0.4 is 0 Å². The maximum Gasteiger partial charge on any atom is 0.340 e. The number of carbonyl (C=O) groups excluding carboxylic acids is 2. The number of hydrogen-bond acceptors (Lipinski definition) is 5. The SMILES string of the molecule is CC(C)N(Cc1ccccc1)C(=O)COC(=O)c1cc(S(=O)(=O)N2CCCCC2)ccc1Cl. The highest BCUT2D eigenvalue weighted by molar-refractivity contribution is 7.89. The Labute approximate surface area is 200 Å². The van der Waals surface area contributed by atoms with Crippen LogP contribution in [0.5, 0.6) is 0 Å². The van der Waals surface area contributed by atoms with E-state index in [4.69, 9.17) is 16.3 Å². The van der Waals surface area contributed by atoms with Crippen molar-refractivity contribution < 1.29 is 22.7 Å². The zero-order chi connectivity index (χ0) is 24.0. The van der Waals surface area contributed by atoms with Crippen LogP contribution in [0.4, 0.5) is 0 Å². The van der Waals surface area contributed by atoms with E-state index in [0.29, 0.717) is 19.6 Å². The van der Waals surface area contributed by atoms with Crippen LogP contribution in [0.2, 0.25) is 5.02 Å². The molecule has 3 rings (SSSR count). The van der Waals surface area contributed by atoms with Gasteiger partial charge >= 0.3 is 5.97 Å². The first-order valence-electron chi connectivity index (χ1n) is 11.0. The van der Waals surface area contributed by atoms with E-state index in [0.717, 1.165) is 24.8 Å². The van der Waals surface area contributed by atoms with Crippen LogP contribution in [-0.4, -0.2) is 55.2 Å². The molecule has 9 heteroatoms. The van der Waals surface area contributed by atoms with E-state index < -0.39 is 22.6 Å². The highest BCUT2D eigenvalue weighted by atomic mass is 35.5. The summed E-state index contributed by atoms with van der Waals surface area (Å²) in [6, 6.07) is 13.4. The summed E-state index contributed by atoms with van der Waals surface area (Å²) in [5.41, 5.74) is 0.881. The first kappa shape index (κ1) is 25.2. The zero-order valence-corrected chi connectivity index (χ0v) is 20.4. The summed E-state index contributed by atoms with van der Waals surface area (Å²) in [7, 11) is -3.73. The lowest BCUT2D eigenvalue weighted by atomic mass is 10.2. The predicted molar refractivity (Wildman–Crippen MR) is 126 cm³/mol. The molecule has 0 saturated carbocycles. The average Bonchev–Trinajstić information content (AvgIpc) is 2.82. The van der Waals surface area contributed by atoms with Gasteiger partial charge in [0.05, 0.1) is 15.5 Å². The summed E-state index contributed by atoms with van der Waals surface area (Å²) in [4.78, 5) is 27.0. The van der Waals surface area contributed by atoms with Crippen molar-refractivity contribution in [2.45, 2.75) is 50.6 Å². The van der Waals surface area contributed by atoms with E-state index >= 15 is 0 Å². The molecule has 1 saturated heterocycles. The Morgan fingerprint density at radius 3 is 2.36 bits per heavy atom. The number of nitrogens with zero attached hydrogens (tertiary/aromatic N) is 2. The smallest absolute Gasteiger partial charge is 0.340 e. The Balaban J connectivity index is 1.70. The standard InChI is InChI=1S/C24H29ClN2O5S/c1-18(2)27(16-19-9-5-3-6-10-19)23(28)17-32-24(29)21-15-20(11-12-22(21)25)33(30,31)26-13-7-4-8-14-26/h3,5-6,9-12,15,18H,4,7-8,13-14,16-17H2,1-2H3. The minimum Gasteiger partial charge on any atom is -0.452 e. The highest BCUT2D eigenvalue weighted by Gasteiger charge is 2.28. The van der Waals surface area contributed by atoms with E-state index in [1.54, 1.807) is 4.90 Å². The number of ether oxygens (including phenoxy) is 1. The van der Waals surface area contributed by atoms with Gasteiger partial charge in [0.25, 0.3) is 5.91 Å². The Bertz CT molecular complexity index is 1080. The molecule has 0 aromatic heterocycles. The van der Waals surface area contributed by atoms with Gasteiger partial charge in [0.2, 0.25) is 10.0 Å². The molecular formula is C24H29ClN2O5S. The third kappa shape index (κ3) is 6.34. The number of sulfonamides is 1. The summed E-state index contributed by atoms with van der Waals surface area (Å²) in [6.07, 6.45) is 2.61. The fourth-order valence-corrected chi connectivity index (χ4v) is 5.44. The van der Waals surface area contributed by atoms with Crippen molar-refractivity contribution in [1.29, 1.82) is 0 Å². The molecule has 0 unspecified atom stereocenters. The molecule has 0 radical (unpaired) electrons. The molecule has 0 spiro atoms. The summed E-state index contributed by atoms with van der Waals surface area (Å²) in [5, 5.41) is 0.0649. The van der Waals surface area contributed by atoms with Gasteiger partial charge in [-0.05, 0) is 50.5 Å². The Morgan fingerprint density at radius 1 is 1.06 bits per heavy atom. The summed E-state index contributed by atoms with van der Waals surface area (Å²) >= 11 is 6.16. The molecule has 1 aliphatic heterocycles. The third-order valence-corrected chi connectivity index (χ3v) is 7.80. The lowest BCUT2D eigenvalue weighted by molar-refractivity contribution is -0.136. The minimum atomic E-state index is -3.73. The summed E-state index contributed by atoms with van der Waals surface area (Å²) in [6.45, 7) is 4.59. The molecule has 1 fully saturated rings. The van der Waals surface area contributed by atoms with Crippen molar-refractivity contribution in [2.24, 2.45) is 0 Å². The second kappa shape index (κ2) is 11.1. The number of amides is 1. The fourth-order valence-electron chi connectivity index (χ4n) is 3.70. The number of rotatable bonds is 8. The van der Waals surface area contributed by atoms with E-state index in [1.165, 1.54) is 22.5 Å². The van der Waals surface area contributed by atoms with Gasteiger partial charge in [0.1, 0.15) is 0 Å². The maximum absolute atomic E-state index is 12.9. The summed E-state index contributed by atoms with van der Waals surface area (Å²) < 4.78 is 32.5. The van der Waals surface area contributed by atoms with Crippen molar-refractivity contribution in [3.63, 3.8) is 0 Å². The van der Waals surface area contributed by atoms with Gasteiger partial charge in [0.15, 0.2) is 6.61 Å². The van der Waals surface area contributed by atoms with Gasteiger partial charge in [0, 0.05) is 25.7 Å². The predicted octanol–water partition coefficient (Wildman–Crippen LogP) is 4.11. The molecule has 33 heavy (non-hydrogen) atoms. The molecule has 0 bridgehead atoms. The third-order valence-electron chi connectivity index (χ3n) is 5.58. The lowest BCUT2D eigenvalue weighted by Gasteiger charge is -2.27. The molecule has 7 nitrogen and oxygen atoms in total. The molecule has 0 aliphatic carbocycles. The fraction of sp³-hybridized carbons (Fsp3) is 0.417. The number of hydrogen-bond donors (Lipinski definition) is 0. The molecule has 1 heterocycles. The molecule has 2 aromatic rings. The molecule has 1 aliphatic rings. The van der Waals surface area contributed by atoms with Crippen LogP contribution in [0.25, 0.3) is 0 Å². The first-order chi connectivity index (χ1) is 15.7. The van der Waals surface area contributed by atoms with E-state index in [1.807, 2.05) is 44.2 Å². The summed E-state index contributed by atoms with van der Waals surface area (Å²) in [5.74, 6) is -1.19. The van der Waals surface area contributed by atoms with Gasteiger partial charge in [-0.2, -0.15) is 4.31 Å². The topological polar surface area (TPSA) is 84.0 Å². The van der Waals surface area contributed by atoms with Gasteiger partial charge in [-0.25, -0.2) is 13.2 Å². The number of esters is 1. The molecule has 178 valence electrons. The molecule has 2 aromatic carbocycles. The second-order valence-corrected chi connectivity index (χ2v) is 10.6. The van der Waals surface area contributed by atoms with Crippen LogP contribution in [0, 0.1) is 0 Å². The van der Waals surface area contributed by atoms with Crippen molar-refractivity contribution in [1.82, 2.24) is 9.21 Å². The molecule has 0 atom stereocenters. The quantitative estimate of drug-likeness (QED) is 0.518. The number of piperidine rings is 1. The molecule has 0 N–H and O–H groups in total. The van der Waals surface area contributed by atoms with Crippen LogP contribution in [0.3, 0.4) is 0 Å². The van der Waals surface area contributed by atoms with Crippen molar-refractivity contribution in [3.8, 4) is 0 Å². The van der Waals surface area contributed by atoms with Gasteiger partial charge in [-0.1, -0.05) is 48.4 Å². The van der Waals surface area contributed by atoms with E-state index in [2.05, 4.69) is 0 Å². The van der Waals surface area contributed by atoms with Crippen molar-refractivity contribution in [2.75, 3.05) is 19.7 Å². The Kier molecular flexibility index (Phi) is 8.51. The molecule has 1 amide bonds. The van der Waals surface area contributed by atoms with Crippen molar-refractivity contribution in [3.05, 3.63) is 64.7 Å². The van der Waals surface area contributed by atoms with Crippen LogP contribution in [-0.2, 0) is 26.1 Å². The van der Waals surface area contributed by atoms with Gasteiger partial charge < -0.3 is 9.64 Å². The van der Waals surface area contributed by atoms with Crippen LogP contribution in [0.15, 0.2) is 53.4 Å². The van der Waals surface area contributed by atoms with Gasteiger partial charge in [-0.3, -0.25) is 4.79 Å². The normalized spacial score (nSPS) is 14.8. The average molecular weight is 493 g/mol. The maximum atomic E-state index is 12.9. The highest BCUT2D eigenvalue weighted by Crippen LogP contribution is 2.25. The zero-order valence-electron chi connectivity index (χ0n) is 18.9. The minimum absolute atomic E-state index is 0.0139. The second-order valence-electron chi connectivity index (χ2n) is 8.28. The van der Waals surface area contributed by atoms with Crippen molar-refractivity contribution >= 4 is 33.5 Å². The number of carbonyl (C=O) groups is 2.